The van der Waals surface area contributed by atoms with Crippen LogP contribution in [0.2, 0.25) is 0 Å². The number of amides is 3. The number of thioether (sulfide) groups is 1. The molecule has 0 unspecified atom stereocenters. The molecule has 1 N–H and O–H groups in total. The van der Waals surface area contributed by atoms with Gasteiger partial charge in [0.25, 0.3) is 5.91 Å². The maximum Gasteiger partial charge on any atom is 0.265 e. The number of nitrogens with one attached hydrogen (secondary N) is 1. The van der Waals surface area contributed by atoms with E-state index in [0.717, 1.165) is 23.2 Å². The molecule has 124 valence electrons. The van der Waals surface area contributed by atoms with Crippen molar-refractivity contribution in [3.8, 4) is 0 Å². The lowest BCUT2D eigenvalue weighted by atomic mass is 9.98. The molecule has 3 atom stereocenters. The number of aryl methyl sites for hydroxylation is 1. The highest BCUT2D eigenvalue weighted by Gasteiger charge is 2.65. The summed E-state index contributed by atoms with van der Waals surface area (Å²) in [4.78, 5) is 41.2. The van der Waals surface area contributed by atoms with Crippen LogP contribution in [0, 0.1) is 6.92 Å². The first kappa shape index (κ1) is 14.3. The van der Waals surface area contributed by atoms with Gasteiger partial charge in [0, 0.05) is 23.5 Å². The fourth-order valence-electron chi connectivity index (χ4n) is 4.45. The molecule has 0 saturated carbocycles. The molecule has 0 aliphatic carbocycles. The van der Waals surface area contributed by atoms with Crippen molar-refractivity contribution in [2.24, 2.45) is 0 Å². The van der Waals surface area contributed by atoms with Crippen molar-refractivity contribution in [2.75, 3.05) is 17.6 Å². The minimum atomic E-state index is -1.09. The number of nitrogens with zero attached hydrogens (tertiary/aromatic N) is 2. The molecule has 0 aromatic heterocycles. The van der Waals surface area contributed by atoms with E-state index < -0.39 is 17.0 Å². The van der Waals surface area contributed by atoms with Gasteiger partial charge in [0.2, 0.25) is 11.8 Å². The first-order chi connectivity index (χ1) is 11.5. The number of hydrogen-bond acceptors (Lipinski definition) is 4. The first-order valence-corrected chi connectivity index (χ1v) is 9.23. The van der Waals surface area contributed by atoms with Crippen molar-refractivity contribution >= 4 is 35.2 Å². The van der Waals surface area contributed by atoms with Crippen LogP contribution in [-0.4, -0.2) is 51.9 Å². The molecule has 0 radical (unpaired) electrons. The van der Waals surface area contributed by atoms with Crippen molar-refractivity contribution in [2.45, 2.75) is 36.7 Å². The van der Waals surface area contributed by atoms with Crippen molar-refractivity contribution in [1.29, 1.82) is 0 Å². The van der Waals surface area contributed by atoms with E-state index in [-0.39, 0.29) is 17.7 Å². The summed E-state index contributed by atoms with van der Waals surface area (Å²) >= 11 is 1.41. The summed E-state index contributed by atoms with van der Waals surface area (Å²) in [5.41, 5.74) is 2.59. The standard InChI is InChI=1S/C17H17N3O3S/c1-9-4-5-11-10(7-9)17(16(23)18-11)20-13(8-24-17)14(21)19-6-2-3-12(19)15(20)22/h4-5,7,12-13H,2-3,6,8H2,1H3,(H,18,23)/t12-,13-,17-/m0/s1. The Balaban J connectivity index is 1.69. The number of rotatable bonds is 0. The molecule has 4 aliphatic heterocycles. The molecular formula is C17H17N3O3S. The molecule has 3 fully saturated rings. The summed E-state index contributed by atoms with van der Waals surface area (Å²) in [7, 11) is 0. The number of hydrogen-bond donors (Lipinski definition) is 1. The quantitative estimate of drug-likeness (QED) is 0.764. The Labute approximate surface area is 143 Å². The average molecular weight is 343 g/mol. The molecule has 0 bridgehead atoms. The molecule has 5 rings (SSSR count). The smallest absolute Gasteiger partial charge is 0.265 e. The molecule has 3 saturated heterocycles. The van der Waals surface area contributed by atoms with Crippen molar-refractivity contribution in [3.05, 3.63) is 29.3 Å². The second kappa shape index (κ2) is 4.53. The SMILES string of the molecule is Cc1ccc2c(c1)[C@]1(SC[C@H]3C(=O)N4CCC[C@H]4C(=O)N31)C(=O)N2. The monoisotopic (exact) mass is 343 g/mol. The predicted molar refractivity (Wildman–Crippen MR) is 89.3 cm³/mol. The van der Waals surface area contributed by atoms with Crippen molar-refractivity contribution in [1.82, 2.24) is 9.80 Å². The van der Waals surface area contributed by atoms with Crippen LogP contribution in [0.4, 0.5) is 5.69 Å². The zero-order valence-electron chi connectivity index (χ0n) is 13.2. The summed E-state index contributed by atoms with van der Waals surface area (Å²) in [6.45, 7) is 2.62. The molecule has 1 aromatic rings. The number of anilines is 1. The van der Waals surface area contributed by atoms with E-state index >= 15 is 0 Å². The van der Waals surface area contributed by atoms with Gasteiger partial charge in [0.1, 0.15) is 12.1 Å². The lowest BCUT2D eigenvalue weighted by Crippen LogP contribution is -2.66. The minimum absolute atomic E-state index is 0.00428. The molecule has 6 nitrogen and oxygen atoms in total. The Bertz CT molecular complexity index is 810. The van der Waals surface area contributed by atoms with Gasteiger partial charge in [-0.25, -0.2) is 0 Å². The largest absolute Gasteiger partial charge is 0.329 e. The second-order valence-corrected chi connectivity index (χ2v) is 8.08. The molecule has 24 heavy (non-hydrogen) atoms. The van der Waals surface area contributed by atoms with Crippen LogP contribution >= 0.6 is 11.8 Å². The molecule has 4 aliphatic rings. The highest BCUT2D eigenvalue weighted by atomic mass is 32.2. The van der Waals surface area contributed by atoms with Crippen molar-refractivity contribution < 1.29 is 14.4 Å². The van der Waals surface area contributed by atoms with E-state index in [1.165, 1.54) is 11.8 Å². The molecule has 3 amide bonds. The third kappa shape index (κ3) is 1.51. The van der Waals surface area contributed by atoms with Crippen LogP contribution < -0.4 is 5.32 Å². The molecule has 7 heteroatoms. The summed E-state index contributed by atoms with van der Waals surface area (Å²) in [5, 5.41) is 2.91. The van der Waals surface area contributed by atoms with Gasteiger partial charge in [0.05, 0.1) is 0 Å². The summed E-state index contributed by atoms with van der Waals surface area (Å²) in [5.74, 6) is 0.180. The Morgan fingerprint density at radius 3 is 2.88 bits per heavy atom. The predicted octanol–water partition coefficient (Wildman–Crippen LogP) is 1.05. The van der Waals surface area contributed by atoms with Crippen molar-refractivity contribution in [3.63, 3.8) is 0 Å². The average Bonchev–Trinajstić information content (AvgIpc) is 3.25. The number of piperazine rings is 1. The van der Waals surface area contributed by atoms with Crippen LogP contribution in [0.25, 0.3) is 0 Å². The molecular weight excluding hydrogens is 326 g/mol. The van der Waals surface area contributed by atoms with Gasteiger partial charge >= 0.3 is 0 Å². The van der Waals surface area contributed by atoms with E-state index in [0.29, 0.717) is 18.7 Å². The molecule has 1 aromatic carbocycles. The summed E-state index contributed by atoms with van der Waals surface area (Å²) < 4.78 is 0. The highest BCUT2D eigenvalue weighted by molar-refractivity contribution is 8.01. The van der Waals surface area contributed by atoms with E-state index in [4.69, 9.17) is 0 Å². The Kier molecular flexibility index (Phi) is 2.71. The zero-order valence-corrected chi connectivity index (χ0v) is 14.1. The van der Waals surface area contributed by atoms with E-state index in [2.05, 4.69) is 5.32 Å². The van der Waals surface area contributed by atoms with Gasteiger partial charge in [-0.3, -0.25) is 14.4 Å². The fraction of sp³-hybridized carbons (Fsp3) is 0.471. The van der Waals surface area contributed by atoms with E-state index in [1.807, 2.05) is 25.1 Å². The Hall–Kier alpha value is -2.02. The maximum absolute atomic E-state index is 13.2. The maximum atomic E-state index is 13.2. The van der Waals surface area contributed by atoms with Crippen LogP contribution in [-0.2, 0) is 19.3 Å². The lowest BCUT2D eigenvalue weighted by molar-refractivity contribution is -0.162. The van der Waals surface area contributed by atoms with Crippen LogP contribution in [0.5, 0.6) is 0 Å². The molecule has 4 heterocycles. The zero-order chi connectivity index (χ0) is 16.6. The number of fused-ring (bicyclic) bond motifs is 5. The van der Waals surface area contributed by atoms with Crippen LogP contribution in [0.15, 0.2) is 18.2 Å². The summed E-state index contributed by atoms with van der Waals surface area (Å²) in [6, 6.07) is 4.85. The van der Waals surface area contributed by atoms with Gasteiger partial charge in [-0.1, -0.05) is 17.7 Å². The minimum Gasteiger partial charge on any atom is -0.329 e. The van der Waals surface area contributed by atoms with Crippen LogP contribution in [0.1, 0.15) is 24.0 Å². The van der Waals surface area contributed by atoms with Gasteiger partial charge in [-0.2, -0.15) is 0 Å². The second-order valence-electron chi connectivity index (χ2n) is 6.87. The Morgan fingerprint density at radius 1 is 1.21 bits per heavy atom. The van der Waals surface area contributed by atoms with Gasteiger partial charge < -0.3 is 15.1 Å². The Morgan fingerprint density at radius 2 is 2.04 bits per heavy atom. The molecule has 1 spiro atoms. The third-order valence-electron chi connectivity index (χ3n) is 5.54. The lowest BCUT2D eigenvalue weighted by Gasteiger charge is -2.43. The highest BCUT2D eigenvalue weighted by Crippen LogP contribution is 2.55. The normalized spacial score (nSPS) is 33.8. The summed E-state index contributed by atoms with van der Waals surface area (Å²) in [6.07, 6.45) is 1.54. The number of carbonyl (C=O) groups excluding carboxylic acids is 3. The third-order valence-corrected chi connectivity index (χ3v) is 7.04. The van der Waals surface area contributed by atoms with Gasteiger partial charge in [-0.15, -0.1) is 11.8 Å². The van der Waals surface area contributed by atoms with E-state index in [1.54, 1.807) is 9.80 Å². The van der Waals surface area contributed by atoms with Gasteiger partial charge in [0.15, 0.2) is 4.87 Å². The van der Waals surface area contributed by atoms with Gasteiger partial charge in [-0.05, 0) is 25.8 Å². The number of benzene rings is 1. The van der Waals surface area contributed by atoms with Crippen LogP contribution in [0.3, 0.4) is 0 Å². The van der Waals surface area contributed by atoms with E-state index in [9.17, 15) is 14.4 Å². The number of carbonyl (C=O) groups is 3. The topological polar surface area (TPSA) is 69.7 Å². The fourth-order valence-corrected chi connectivity index (χ4v) is 6.01. The first-order valence-electron chi connectivity index (χ1n) is 8.24.